The summed E-state index contributed by atoms with van der Waals surface area (Å²) in [5.41, 5.74) is 5.12. The molecular weight excluding hydrogens is 94.0 g/mol. The van der Waals surface area contributed by atoms with Crippen LogP contribution < -0.4 is 5.73 Å². The molecule has 0 bridgehead atoms. The second kappa shape index (κ2) is 2.96. The first-order chi connectivity index (χ1) is 3.18. The van der Waals surface area contributed by atoms with Crippen LogP contribution in [0.25, 0.3) is 0 Å². The van der Waals surface area contributed by atoms with Crippen LogP contribution in [0.15, 0.2) is 0 Å². The standard InChI is InChI=1S/C4H11NO2/c1-3(7)4(5)2-6/h3-4,6-7H,2,5H2,1H3. The summed E-state index contributed by atoms with van der Waals surface area (Å²) in [5, 5.41) is 16.8. The van der Waals surface area contributed by atoms with Crippen molar-refractivity contribution in [1.82, 2.24) is 0 Å². The Bertz CT molecular complexity index is 47.0. The predicted octanol–water partition coefficient (Wildman–Crippen LogP) is -1.31. The Kier molecular flexibility index (Phi) is 2.91. The Morgan fingerprint density at radius 3 is 2.14 bits per heavy atom. The van der Waals surface area contributed by atoms with Gasteiger partial charge in [-0.15, -0.1) is 0 Å². The molecule has 0 aliphatic carbocycles. The third kappa shape index (κ3) is 2.56. The smallest absolute Gasteiger partial charge is 0.0685 e. The highest BCUT2D eigenvalue weighted by atomic mass is 16.3. The SMILES string of the molecule is CC(O)C(N)CO. The average Bonchev–Trinajstić information content (AvgIpc) is 1.65. The first kappa shape index (κ1) is 6.88. The largest absolute Gasteiger partial charge is 0.395 e. The van der Waals surface area contributed by atoms with Crippen molar-refractivity contribution in [3.05, 3.63) is 0 Å². The topological polar surface area (TPSA) is 66.5 Å². The molecule has 0 aliphatic heterocycles. The van der Waals surface area contributed by atoms with Crippen molar-refractivity contribution in [2.75, 3.05) is 6.61 Å². The van der Waals surface area contributed by atoms with E-state index in [1.165, 1.54) is 0 Å². The summed E-state index contributed by atoms with van der Waals surface area (Å²) < 4.78 is 0. The van der Waals surface area contributed by atoms with Crippen LogP contribution in [0.2, 0.25) is 0 Å². The average molecular weight is 105 g/mol. The fraction of sp³-hybridized carbons (Fsp3) is 1.00. The second-order valence-corrected chi connectivity index (χ2v) is 1.59. The van der Waals surface area contributed by atoms with Gasteiger partial charge in [0.1, 0.15) is 0 Å². The van der Waals surface area contributed by atoms with E-state index in [0.29, 0.717) is 0 Å². The summed E-state index contributed by atoms with van der Waals surface area (Å²) in [6.45, 7) is 1.39. The molecule has 0 aromatic rings. The van der Waals surface area contributed by atoms with E-state index in [0.717, 1.165) is 0 Å². The van der Waals surface area contributed by atoms with Crippen molar-refractivity contribution in [1.29, 1.82) is 0 Å². The lowest BCUT2D eigenvalue weighted by molar-refractivity contribution is 0.123. The Hall–Kier alpha value is -0.120. The number of nitrogens with two attached hydrogens (primary N) is 1. The molecule has 3 nitrogen and oxygen atoms in total. The van der Waals surface area contributed by atoms with Crippen LogP contribution in [-0.2, 0) is 0 Å². The minimum Gasteiger partial charge on any atom is -0.395 e. The summed E-state index contributed by atoms with van der Waals surface area (Å²) in [4.78, 5) is 0. The van der Waals surface area contributed by atoms with Gasteiger partial charge in [0.05, 0.1) is 18.8 Å². The van der Waals surface area contributed by atoms with Gasteiger partial charge < -0.3 is 15.9 Å². The number of hydrogen-bond acceptors (Lipinski definition) is 3. The van der Waals surface area contributed by atoms with Crippen LogP contribution >= 0.6 is 0 Å². The lowest BCUT2D eigenvalue weighted by Gasteiger charge is -2.08. The van der Waals surface area contributed by atoms with E-state index in [-0.39, 0.29) is 6.61 Å². The van der Waals surface area contributed by atoms with Gasteiger partial charge in [-0.3, -0.25) is 0 Å². The lowest BCUT2D eigenvalue weighted by Crippen LogP contribution is -2.35. The Morgan fingerprint density at radius 1 is 1.71 bits per heavy atom. The minimum absolute atomic E-state index is 0.155. The van der Waals surface area contributed by atoms with E-state index in [1.807, 2.05) is 0 Å². The van der Waals surface area contributed by atoms with Gasteiger partial charge in [-0.1, -0.05) is 0 Å². The van der Waals surface area contributed by atoms with Gasteiger partial charge in [-0.2, -0.15) is 0 Å². The molecule has 0 aliphatic rings. The van der Waals surface area contributed by atoms with Crippen LogP contribution in [0.5, 0.6) is 0 Å². The quantitative estimate of drug-likeness (QED) is 0.408. The van der Waals surface area contributed by atoms with Crippen LogP contribution in [0.3, 0.4) is 0 Å². The fourth-order valence-electron chi connectivity index (χ4n) is 0.153. The fourth-order valence-corrected chi connectivity index (χ4v) is 0.153. The minimum atomic E-state index is -0.606. The van der Waals surface area contributed by atoms with E-state index < -0.39 is 12.1 Å². The second-order valence-electron chi connectivity index (χ2n) is 1.59. The number of aliphatic hydroxyl groups is 2. The molecule has 0 rings (SSSR count). The van der Waals surface area contributed by atoms with Gasteiger partial charge in [0.25, 0.3) is 0 Å². The molecule has 7 heavy (non-hydrogen) atoms. The summed E-state index contributed by atoms with van der Waals surface area (Å²) in [6, 6.07) is -0.486. The van der Waals surface area contributed by atoms with E-state index in [2.05, 4.69) is 0 Å². The maximum Gasteiger partial charge on any atom is 0.0685 e. The van der Waals surface area contributed by atoms with Crippen LogP contribution in [-0.4, -0.2) is 29.0 Å². The molecule has 2 unspecified atom stereocenters. The highest BCUT2D eigenvalue weighted by Crippen LogP contribution is 1.83. The molecule has 3 heteroatoms. The first-order valence-electron chi connectivity index (χ1n) is 2.23. The molecule has 0 heterocycles. The van der Waals surface area contributed by atoms with Crippen molar-refractivity contribution in [3.63, 3.8) is 0 Å². The molecule has 0 fully saturated rings. The van der Waals surface area contributed by atoms with Gasteiger partial charge in [-0.25, -0.2) is 0 Å². The van der Waals surface area contributed by atoms with Crippen molar-refractivity contribution >= 4 is 0 Å². The van der Waals surface area contributed by atoms with Crippen molar-refractivity contribution < 1.29 is 10.2 Å². The number of aliphatic hydroxyl groups excluding tert-OH is 2. The van der Waals surface area contributed by atoms with Crippen molar-refractivity contribution in [2.45, 2.75) is 19.1 Å². The number of hydrogen-bond donors (Lipinski definition) is 3. The highest BCUT2D eigenvalue weighted by Gasteiger charge is 2.04. The zero-order valence-electron chi connectivity index (χ0n) is 4.33. The zero-order chi connectivity index (χ0) is 5.86. The van der Waals surface area contributed by atoms with Gasteiger partial charge in [0, 0.05) is 0 Å². The summed E-state index contributed by atoms with van der Waals surface area (Å²) in [7, 11) is 0. The van der Waals surface area contributed by atoms with E-state index in [4.69, 9.17) is 15.9 Å². The third-order valence-electron chi connectivity index (χ3n) is 0.830. The first-order valence-corrected chi connectivity index (χ1v) is 2.23. The zero-order valence-corrected chi connectivity index (χ0v) is 4.33. The van der Waals surface area contributed by atoms with Gasteiger partial charge >= 0.3 is 0 Å². The molecule has 0 saturated carbocycles. The van der Waals surface area contributed by atoms with Gasteiger partial charge in [0.2, 0.25) is 0 Å². The maximum atomic E-state index is 8.54. The Balaban J connectivity index is 3.14. The molecule has 44 valence electrons. The van der Waals surface area contributed by atoms with Crippen molar-refractivity contribution in [3.8, 4) is 0 Å². The Labute approximate surface area is 42.8 Å². The molecule has 2 atom stereocenters. The molecule has 0 radical (unpaired) electrons. The third-order valence-corrected chi connectivity index (χ3v) is 0.830. The van der Waals surface area contributed by atoms with Gasteiger partial charge in [-0.05, 0) is 6.92 Å². The summed E-state index contributed by atoms with van der Waals surface area (Å²) in [5.74, 6) is 0. The summed E-state index contributed by atoms with van der Waals surface area (Å²) >= 11 is 0. The van der Waals surface area contributed by atoms with Crippen LogP contribution in [0.4, 0.5) is 0 Å². The molecule has 0 aromatic carbocycles. The monoisotopic (exact) mass is 105 g/mol. The molecule has 4 N–H and O–H groups in total. The number of rotatable bonds is 2. The van der Waals surface area contributed by atoms with E-state index >= 15 is 0 Å². The highest BCUT2D eigenvalue weighted by molar-refractivity contribution is 4.63. The predicted molar refractivity (Wildman–Crippen MR) is 26.7 cm³/mol. The van der Waals surface area contributed by atoms with Crippen LogP contribution in [0, 0.1) is 0 Å². The normalized spacial score (nSPS) is 18.9. The van der Waals surface area contributed by atoms with Gasteiger partial charge in [0.15, 0.2) is 0 Å². The molecule has 0 amide bonds. The van der Waals surface area contributed by atoms with E-state index in [9.17, 15) is 0 Å². The Morgan fingerprint density at radius 2 is 2.14 bits per heavy atom. The summed E-state index contributed by atoms with van der Waals surface area (Å²) in [6.07, 6.45) is -0.606. The van der Waals surface area contributed by atoms with Crippen LogP contribution in [0.1, 0.15) is 6.92 Å². The molecule has 0 aromatic heterocycles. The molecular formula is C4H11NO2. The lowest BCUT2D eigenvalue weighted by atomic mass is 10.2. The maximum absolute atomic E-state index is 8.54. The van der Waals surface area contributed by atoms with Crippen molar-refractivity contribution in [2.24, 2.45) is 5.73 Å². The van der Waals surface area contributed by atoms with E-state index in [1.54, 1.807) is 6.92 Å². The molecule has 0 spiro atoms. The molecule has 0 saturated heterocycles.